The molecule has 0 aliphatic carbocycles. The Balaban J connectivity index is 2.64. The lowest BCUT2D eigenvalue weighted by Crippen LogP contribution is -1.94. The molecule has 2 rings (SSSR count). The van der Waals surface area contributed by atoms with Gasteiger partial charge in [0.25, 0.3) is 0 Å². The summed E-state index contributed by atoms with van der Waals surface area (Å²) in [7, 11) is 0. The summed E-state index contributed by atoms with van der Waals surface area (Å²) >= 11 is 0. The normalized spacial score (nSPS) is 10.9. The molecule has 0 saturated carbocycles. The zero-order valence-corrected chi connectivity index (χ0v) is 10.5. The van der Waals surface area contributed by atoms with Gasteiger partial charge in [0.05, 0.1) is 0 Å². The lowest BCUT2D eigenvalue weighted by molar-refractivity contribution is 0.628. The van der Waals surface area contributed by atoms with E-state index in [0.717, 1.165) is 16.7 Å². The zero-order chi connectivity index (χ0) is 12.4. The fourth-order valence-electron chi connectivity index (χ4n) is 2.13. The van der Waals surface area contributed by atoms with Crippen molar-refractivity contribution in [2.45, 2.75) is 26.7 Å². The molecule has 0 spiro atoms. The van der Waals surface area contributed by atoms with Gasteiger partial charge in [-0.3, -0.25) is 0 Å². The number of aryl methyl sites for hydroxylation is 1. The standard InChI is InChI=1S/C16H17F/c1-11(2)14-6-4-5-7-15(14)16-10-13(17)9-8-12(16)3/h4-11H,1-3H3. The molecule has 0 fully saturated rings. The van der Waals surface area contributed by atoms with Crippen molar-refractivity contribution < 1.29 is 4.39 Å². The van der Waals surface area contributed by atoms with Crippen molar-refractivity contribution in [3.63, 3.8) is 0 Å². The highest BCUT2D eigenvalue weighted by atomic mass is 19.1. The SMILES string of the molecule is Cc1ccc(F)cc1-c1ccccc1C(C)C. The van der Waals surface area contributed by atoms with Gasteiger partial charge < -0.3 is 0 Å². The third kappa shape index (κ3) is 2.38. The molecule has 2 aromatic rings. The highest BCUT2D eigenvalue weighted by Crippen LogP contribution is 2.31. The molecule has 0 bridgehead atoms. The highest BCUT2D eigenvalue weighted by molar-refractivity contribution is 5.71. The number of hydrogen-bond acceptors (Lipinski definition) is 0. The van der Waals surface area contributed by atoms with Crippen LogP contribution in [0.5, 0.6) is 0 Å². The van der Waals surface area contributed by atoms with E-state index >= 15 is 0 Å². The van der Waals surface area contributed by atoms with Crippen molar-refractivity contribution in [2.75, 3.05) is 0 Å². The minimum atomic E-state index is -0.177. The fraction of sp³-hybridized carbons (Fsp3) is 0.250. The third-order valence-corrected chi connectivity index (χ3v) is 3.07. The topological polar surface area (TPSA) is 0 Å². The van der Waals surface area contributed by atoms with Crippen molar-refractivity contribution in [1.29, 1.82) is 0 Å². The molecule has 17 heavy (non-hydrogen) atoms. The first-order valence-corrected chi connectivity index (χ1v) is 5.95. The van der Waals surface area contributed by atoms with Gasteiger partial charge in [0, 0.05) is 0 Å². The van der Waals surface area contributed by atoms with Crippen molar-refractivity contribution >= 4 is 0 Å². The summed E-state index contributed by atoms with van der Waals surface area (Å²) in [5.74, 6) is 0.262. The van der Waals surface area contributed by atoms with Crippen LogP contribution in [0.3, 0.4) is 0 Å². The molecular formula is C16H17F. The van der Waals surface area contributed by atoms with E-state index in [1.54, 1.807) is 6.07 Å². The summed E-state index contributed by atoms with van der Waals surface area (Å²) in [6.07, 6.45) is 0. The smallest absolute Gasteiger partial charge is 0.123 e. The fourth-order valence-corrected chi connectivity index (χ4v) is 2.13. The quantitative estimate of drug-likeness (QED) is 0.684. The number of hydrogen-bond donors (Lipinski definition) is 0. The van der Waals surface area contributed by atoms with E-state index in [4.69, 9.17) is 0 Å². The molecule has 2 aromatic carbocycles. The number of halogens is 1. The van der Waals surface area contributed by atoms with Crippen molar-refractivity contribution in [2.24, 2.45) is 0 Å². The second-order valence-corrected chi connectivity index (χ2v) is 4.70. The Morgan fingerprint density at radius 2 is 1.65 bits per heavy atom. The molecular weight excluding hydrogens is 211 g/mol. The Morgan fingerprint density at radius 1 is 0.941 bits per heavy atom. The summed E-state index contributed by atoms with van der Waals surface area (Å²) in [5, 5.41) is 0. The summed E-state index contributed by atoms with van der Waals surface area (Å²) in [6.45, 7) is 6.34. The molecule has 0 heterocycles. The molecule has 0 atom stereocenters. The predicted molar refractivity (Wildman–Crippen MR) is 70.7 cm³/mol. The molecule has 0 aromatic heterocycles. The van der Waals surface area contributed by atoms with Crippen LogP contribution in [0.4, 0.5) is 4.39 Å². The predicted octanol–water partition coefficient (Wildman–Crippen LogP) is 4.92. The van der Waals surface area contributed by atoms with Crippen LogP contribution in [0.25, 0.3) is 11.1 Å². The van der Waals surface area contributed by atoms with Gasteiger partial charge in [-0.25, -0.2) is 4.39 Å². The van der Waals surface area contributed by atoms with Gasteiger partial charge in [0.15, 0.2) is 0 Å². The van der Waals surface area contributed by atoms with Gasteiger partial charge >= 0.3 is 0 Å². The second kappa shape index (κ2) is 4.70. The van der Waals surface area contributed by atoms with Gasteiger partial charge in [-0.2, -0.15) is 0 Å². The van der Waals surface area contributed by atoms with E-state index in [1.165, 1.54) is 11.6 Å². The van der Waals surface area contributed by atoms with Crippen LogP contribution < -0.4 is 0 Å². The van der Waals surface area contributed by atoms with E-state index in [1.807, 2.05) is 25.1 Å². The molecule has 0 N–H and O–H groups in total. The maximum Gasteiger partial charge on any atom is 0.123 e. The average molecular weight is 228 g/mol. The van der Waals surface area contributed by atoms with Gasteiger partial charge in [0.1, 0.15) is 5.82 Å². The molecule has 0 nitrogen and oxygen atoms in total. The molecule has 88 valence electrons. The van der Waals surface area contributed by atoms with E-state index < -0.39 is 0 Å². The molecule has 0 saturated heterocycles. The Bertz CT molecular complexity index is 527. The minimum absolute atomic E-state index is 0.177. The summed E-state index contributed by atoms with van der Waals surface area (Å²) in [6, 6.07) is 13.2. The maximum absolute atomic E-state index is 13.4. The molecule has 0 radical (unpaired) electrons. The Hall–Kier alpha value is -1.63. The van der Waals surface area contributed by atoms with Crippen LogP contribution in [0.2, 0.25) is 0 Å². The van der Waals surface area contributed by atoms with E-state index in [-0.39, 0.29) is 5.82 Å². The van der Waals surface area contributed by atoms with E-state index in [9.17, 15) is 4.39 Å². The van der Waals surface area contributed by atoms with Crippen LogP contribution >= 0.6 is 0 Å². The van der Waals surface area contributed by atoms with Crippen molar-refractivity contribution in [3.8, 4) is 11.1 Å². The monoisotopic (exact) mass is 228 g/mol. The van der Waals surface area contributed by atoms with Crippen LogP contribution in [-0.4, -0.2) is 0 Å². The lowest BCUT2D eigenvalue weighted by atomic mass is 9.90. The summed E-state index contributed by atoms with van der Waals surface area (Å²) < 4.78 is 13.4. The van der Waals surface area contributed by atoms with Crippen LogP contribution in [0.1, 0.15) is 30.9 Å². The van der Waals surface area contributed by atoms with Gasteiger partial charge in [-0.05, 0) is 47.2 Å². The molecule has 0 aliphatic rings. The molecule has 0 unspecified atom stereocenters. The molecule has 0 aliphatic heterocycles. The largest absolute Gasteiger partial charge is 0.207 e. The minimum Gasteiger partial charge on any atom is -0.207 e. The third-order valence-electron chi connectivity index (χ3n) is 3.07. The van der Waals surface area contributed by atoms with Gasteiger partial charge in [0.2, 0.25) is 0 Å². The second-order valence-electron chi connectivity index (χ2n) is 4.70. The van der Waals surface area contributed by atoms with Gasteiger partial charge in [-0.15, -0.1) is 0 Å². The Morgan fingerprint density at radius 3 is 2.35 bits per heavy atom. The summed E-state index contributed by atoms with van der Waals surface area (Å²) in [5.41, 5.74) is 4.51. The van der Waals surface area contributed by atoms with Crippen LogP contribution in [0.15, 0.2) is 42.5 Å². The summed E-state index contributed by atoms with van der Waals surface area (Å²) in [4.78, 5) is 0. The number of benzene rings is 2. The molecule has 0 amide bonds. The number of rotatable bonds is 2. The molecule has 1 heteroatoms. The first kappa shape index (κ1) is 11.8. The first-order chi connectivity index (χ1) is 8.09. The maximum atomic E-state index is 13.4. The van der Waals surface area contributed by atoms with Crippen molar-refractivity contribution in [3.05, 3.63) is 59.4 Å². The average Bonchev–Trinajstić information content (AvgIpc) is 2.32. The van der Waals surface area contributed by atoms with E-state index in [2.05, 4.69) is 26.0 Å². The highest BCUT2D eigenvalue weighted by Gasteiger charge is 2.10. The van der Waals surface area contributed by atoms with Crippen molar-refractivity contribution in [1.82, 2.24) is 0 Å². The first-order valence-electron chi connectivity index (χ1n) is 5.95. The van der Waals surface area contributed by atoms with Crippen LogP contribution in [-0.2, 0) is 0 Å². The Labute approximate surface area is 102 Å². The Kier molecular flexibility index (Phi) is 3.28. The lowest BCUT2D eigenvalue weighted by Gasteiger charge is -2.14. The zero-order valence-electron chi connectivity index (χ0n) is 10.5. The van der Waals surface area contributed by atoms with Crippen LogP contribution in [0, 0.1) is 12.7 Å². The van der Waals surface area contributed by atoms with Gasteiger partial charge in [-0.1, -0.05) is 44.2 Å². The van der Waals surface area contributed by atoms with E-state index in [0.29, 0.717) is 5.92 Å².